The fourth-order valence-corrected chi connectivity index (χ4v) is 1.49. The number of hydrogen-bond acceptors (Lipinski definition) is 2. The number of nitrogens with zero attached hydrogens (tertiary/aromatic N) is 2. The second-order valence-corrected chi connectivity index (χ2v) is 3.30. The van der Waals surface area contributed by atoms with Gasteiger partial charge in [0.15, 0.2) is 0 Å². The van der Waals surface area contributed by atoms with Crippen molar-refractivity contribution in [3.63, 3.8) is 0 Å². The number of alkyl halides is 1. The lowest BCUT2D eigenvalue weighted by molar-refractivity contribution is 0.615. The Kier molecular flexibility index (Phi) is 4.03. The number of halogens is 2. The molecule has 0 heterocycles. The summed E-state index contributed by atoms with van der Waals surface area (Å²) in [4.78, 5) is 0. The van der Waals surface area contributed by atoms with E-state index >= 15 is 0 Å². The summed E-state index contributed by atoms with van der Waals surface area (Å²) in [6.45, 7) is 0. The number of allylic oxidation sites excluding steroid dienone is 1. The highest BCUT2D eigenvalue weighted by atomic mass is 79.9. The van der Waals surface area contributed by atoms with E-state index in [9.17, 15) is 4.39 Å². The number of nitriles is 2. The van der Waals surface area contributed by atoms with E-state index in [1.807, 2.05) is 0 Å². The first kappa shape index (κ1) is 11.4. The van der Waals surface area contributed by atoms with Gasteiger partial charge in [-0.25, -0.2) is 4.39 Å². The molecule has 15 heavy (non-hydrogen) atoms. The first-order valence-electron chi connectivity index (χ1n) is 4.08. The molecule has 0 aromatic heterocycles. The monoisotopic (exact) mass is 264 g/mol. The van der Waals surface area contributed by atoms with Crippen molar-refractivity contribution in [3.05, 3.63) is 40.7 Å². The molecule has 0 atom stereocenters. The van der Waals surface area contributed by atoms with Gasteiger partial charge < -0.3 is 0 Å². The Labute approximate surface area is 95.4 Å². The zero-order chi connectivity index (χ0) is 11.3. The van der Waals surface area contributed by atoms with Crippen LogP contribution in [0.1, 0.15) is 11.1 Å². The number of benzene rings is 1. The molecule has 0 spiro atoms. The maximum absolute atomic E-state index is 13.6. The Morgan fingerprint density at radius 2 is 2.07 bits per heavy atom. The molecule has 0 fully saturated rings. The molecule has 74 valence electrons. The summed E-state index contributed by atoms with van der Waals surface area (Å²) in [6.07, 6.45) is 1.24. The fraction of sp³-hybridized carbons (Fsp3) is 0.0909. The van der Waals surface area contributed by atoms with E-state index in [2.05, 4.69) is 15.9 Å². The van der Waals surface area contributed by atoms with Crippen molar-refractivity contribution in [3.8, 4) is 12.1 Å². The maximum Gasteiger partial charge on any atom is 0.134 e. The zero-order valence-electron chi connectivity index (χ0n) is 7.67. The number of hydrogen-bond donors (Lipinski definition) is 0. The van der Waals surface area contributed by atoms with E-state index in [4.69, 9.17) is 10.5 Å². The van der Waals surface area contributed by atoms with Crippen molar-refractivity contribution < 1.29 is 4.39 Å². The molecule has 0 aliphatic carbocycles. The van der Waals surface area contributed by atoms with Crippen molar-refractivity contribution in [2.45, 2.75) is 5.33 Å². The van der Waals surface area contributed by atoms with Crippen LogP contribution in [0.25, 0.3) is 6.08 Å². The lowest BCUT2D eigenvalue weighted by atomic mass is 10.1. The average molecular weight is 265 g/mol. The van der Waals surface area contributed by atoms with Gasteiger partial charge in [-0.3, -0.25) is 0 Å². The largest absolute Gasteiger partial charge is 0.206 e. The predicted molar refractivity (Wildman–Crippen MR) is 58.2 cm³/mol. The quantitative estimate of drug-likeness (QED) is 0.609. The smallest absolute Gasteiger partial charge is 0.134 e. The molecule has 0 amide bonds. The lowest BCUT2D eigenvalue weighted by Gasteiger charge is -2.01. The van der Waals surface area contributed by atoms with Gasteiger partial charge in [0.25, 0.3) is 0 Å². The van der Waals surface area contributed by atoms with Gasteiger partial charge in [-0.05, 0) is 11.6 Å². The molecule has 0 bridgehead atoms. The van der Waals surface area contributed by atoms with Gasteiger partial charge >= 0.3 is 0 Å². The third-order valence-corrected chi connectivity index (χ3v) is 2.40. The van der Waals surface area contributed by atoms with Crippen molar-refractivity contribution in [2.24, 2.45) is 0 Å². The zero-order valence-corrected chi connectivity index (χ0v) is 9.25. The highest BCUT2D eigenvalue weighted by Crippen LogP contribution is 2.17. The van der Waals surface area contributed by atoms with Crippen molar-refractivity contribution in [2.75, 3.05) is 0 Å². The second-order valence-electron chi connectivity index (χ2n) is 2.74. The minimum absolute atomic E-state index is 0.111. The lowest BCUT2D eigenvalue weighted by Crippen LogP contribution is -1.90. The number of rotatable bonds is 2. The molecule has 4 heteroatoms. The van der Waals surface area contributed by atoms with Gasteiger partial charge in [0.1, 0.15) is 23.5 Å². The maximum atomic E-state index is 13.6. The van der Waals surface area contributed by atoms with Crippen LogP contribution in [0.5, 0.6) is 0 Å². The molecule has 2 nitrogen and oxygen atoms in total. The summed E-state index contributed by atoms with van der Waals surface area (Å²) < 4.78 is 13.6. The highest BCUT2D eigenvalue weighted by Gasteiger charge is 2.05. The van der Waals surface area contributed by atoms with Crippen molar-refractivity contribution in [1.82, 2.24) is 0 Å². The van der Waals surface area contributed by atoms with Crippen molar-refractivity contribution in [1.29, 1.82) is 10.5 Å². The van der Waals surface area contributed by atoms with E-state index in [0.717, 1.165) is 0 Å². The molecule has 0 aliphatic heterocycles. The first-order valence-corrected chi connectivity index (χ1v) is 5.20. The van der Waals surface area contributed by atoms with Gasteiger partial charge in [0, 0.05) is 10.9 Å². The summed E-state index contributed by atoms with van der Waals surface area (Å²) in [5.74, 6) is -0.405. The molecular formula is C11H6BrFN2. The molecular weight excluding hydrogens is 259 g/mol. The van der Waals surface area contributed by atoms with Crippen LogP contribution in [0.4, 0.5) is 4.39 Å². The first-order chi connectivity index (χ1) is 7.22. The van der Waals surface area contributed by atoms with Crippen LogP contribution in [-0.2, 0) is 5.33 Å². The van der Waals surface area contributed by atoms with Crippen LogP contribution in [0.15, 0.2) is 23.8 Å². The van der Waals surface area contributed by atoms with Gasteiger partial charge in [0.2, 0.25) is 0 Å². The van der Waals surface area contributed by atoms with Crippen LogP contribution in [0, 0.1) is 28.5 Å². The van der Waals surface area contributed by atoms with Gasteiger partial charge in [-0.1, -0.05) is 34.1 Å². The van der Waals surface area contributed by atoms with E-state index in [-0.39, 0.29) is 11.1 Å². The van der Waals surface area contributed by atoms with E-state index in [1.165, 1.54) is 12.1 Å². The molecule has 0 radical (unpaired) electrons. The molecule has 0 saturated carbocycles. The highest BCUT2D eigenvalue weighted by molar-refractivity contribution is 9.08. The molecule has 0 saturated heterocycles. The molecule has 0 N–H and O–H groups in total. The predicted octanol–water partition coefficient (Wildman–Crippen LogP) is 3.15. The fourth-order valence-electron chi connectivity index (χ4n) is 1.06. The third-order valence-electron chi connectivity index (χ3n) is 1.79. The van der Waals surface area contributed by atoms with E-state index < -0.39 is 5.82 Å². The third kappa shape index (κ3) is 2.65. The summed E-state index contributed by atoms with van der Waals surface area (Å²) in [6, 6.07) is 8.21. The van der Waals surface area contributed by atoms with Crippen LogP contribution in [0.2, 0.25) is 0 Å². The molecule has 0 aliphatic rings. The summed E-state index contributed by atoms with van der Waals surface area (Å²) in [5.41, 5.74) is 0.643. The van der Waals surface area contributed by atoms with Crippen LogP contribution < -0.4 is 0 Å². The van der Waals surface area contributed by atoms with Crippen LogP contribution in [0.3, 0.4) is 0 Å². The summed E-state index contributed by atoms with van der Waals surface area (Å²) in [5, 5.41) is 17.5. The summed E-state index contributed by atoms with van der Waals surface area (Å²) in [7, 11) is 0. The molecule has 1 aromatic rings. The SMILES string of the molecule is N#CC(C#N)=Cc1cccc(CBr)c1F. The van der Waals surface area contributed by atoms with Gasteiger partial charge in [0.05, 0.1) is 0 Å². The topological polar surface area (TPSA) is 47.6 Å². The second kappa shape index (κ2) is 5.29. The standard InChI is InChI=1S/C11H6BrFN2/c12-5-10-3-1-2-9(11(10)13)4-8(6-14)7-15/h1-4H,5H2. The Hall–Kier alpha value is -1.65. The molecule has 1 rings (SSSR count). The van der Waals surface area contributed by atoms with Crippen LogP contribution >= 0.6 is 15.9 Å². The minimum Gasteiger partial charge on any atom is -0.206 e. The Balaban J connectivity index is 3.24. The normalized spacial score (nSPS) is 8.80. The Bertz CT molecular complexity index is 464. The van der Waals surface area contributed by atoms with Gasteiger partial charge in [-0.15, -0.1) is 0 Å². The van der Waals surface area contributed by atoms with E-state index in [0.29, 0.717) is 10.9 Å². The molecule has 0 unspecified atom stereocenters. The Morgan fingerprint density at radius 3 is 2.60 bits per heavy atom. The Morgan fingerprint density at radius 1 is 1.40 bits per heavy atom. The minimum atomic E-state index is -0.405. The van der Waals surface area contributed by atoms with Gasteiger partial charge in [-0.2, -0.15) is 10.5 Å². The molecule has 1 aromatic carbocycles. The average Bonchev–Trinajstić information content (AvgIpc) is 2.28. The van der Waals surface area contributed by atoms with Crippen LogP contribution in [-0.4, -0.2) is 0 Å². The van der Waals surface area contributed by atoms with E-state index in [1.54, 1.807) is 24.3 Å². The summed E-state index contributed by atoms with van der Waals surface area (Å²) >= 11 is 3.15. The van der Waals surface area contributed by atoms with Crippen molar-refractivity contribution >= 4 is 22.0 Å².